The largest absolute Gasteiger partial charge is 0.376 e. The first-order valence-electron chi connectivity index (χ1n) is 8.73. The summed E-state index contributed by atoms with van der Waals surface area (Å²) in [6.45, 7) is 3.88. The number of hydrogen-bond donors (Lipinski definition) is 1. The fraction of sp³-hybridized carbons (Fsp3) is 0.611. The van der Waals surface area contributed by atoms with E-state index in [0.717, 1.165) is 32.1 Å². The highest BCUT2D eigenvalue weighted by Gasteiger charge is 2.24. The molecule has 2 rings (SSSR count). The lowest BCUT2D eigenvalue weighted by Crippen LogP contribution is -2.41. The predicted octanol–water partition coefficient (Wildman–Crippen LogP) is 2.15. The summed E-state index contributed by atoms with van der Waals surface area (Å²) in [5.41, 5.74) is 1.20. The minimum absolute atomic E-state index is 0. The summed E-state index contributed by atoms with van der Waals surface area (Å²) < 4.78 is 28.2. The van der Waals surface area contributed by atoms with Crippen molar-refractivity contribution in [3.63, 3.8) is 0 Å². The van der Waals surface area contributed by atoms with Crippen LogP contribution in [0.4, 0.5) is 0 Å². The van der Waals surface area contributed by atoms with Gasteiger partial charge in [0.2, 0.25) is 0 Å². The number of guanidine groups is 1. The minimum Gasteiger partial charge on any atom is -0.376 e. The molecule has 1 fully saturated rings. The van der Waals surface area contributed by atoms with Gasteiger partial charge in [0.1, 0.15) is 9.84 Å². The van der Waals surface area contributed by atoms with Gasteiger partial charge in [-0.3, -0.25) is 4.99 Å². The molecule has 0 amide bonds. The van der Waals surface area contributed by atoms with Gasteiger partial charge in [0.25, 0.3) is 0 Å². The lowest BCUT2D eigenvalue weighted by Gasteiger charge is -2.21. The topological polar surface area (TPSA) is 71.0 Å². The van der Waals surface area contributed by atoms with Crippen LogP contribution in [0.1, 0.15) is 18.4 Å². The Balaban J connectivity index is 0.00000338. The van der Waals surface area contributed by atoms with Crippen LogP contribution in [0.25, 0.3) is 0 Å². The molecule has 1 aliphatic rings. The first-order valence-corrected chi connectivity index (χ1v) is 10.8. The van der Waals surface area contributed by atoms with E-state index < -0.39 is 9.84 Å². The number of halogens is 1. The molecule has 6 nitrogen and oxygen atoms in total. The summed E-state index contributed by atoms with van der Waals surface area (Å²) in [6, 6.07) is 10.2. The van der Waals surface area contributed by atoms with Crippen LogP contribution in [0.3, 0.4) is 0 Å². The van der Waals surface area contributed by atoms with Gasteiger partial charge >= 0.3 is 0 Å². The summed E-state index contributed by atoms with van der Waals surface area (Å²) in [7, 11) is -1.14. The predicted molar refractivity (Wildman–Crippen MR) is 117 cm³/mol. The van der Waals surface area contributed by atoms with Crippen LogP contribution in [0.2, 0.25) is 0 Å². The zero-order valence-electron chi connectivity index (χ0n) is 15.6. The van der Waals surface area contributed by atoms with Crippen LogP contribution >= 0.6 is 24.0 Å². The first-order chi connectivity index (χ1) is 12.0. The molecule has 148 valence electrons. The van der Waals surface area contributed by atoms with Crippen molar-refractivity contribution in [2.24, 2.45) is 10.9 Å². The Morgan fingerprint density at radius 1 is 1.35 bits per heavy atom. The molecular formula is C18H30IN3O3S. The van der Waals surface area contributed by atoms with E-state index in [0.29, 0.717) is 25.5 Å². The van der Waals surface area contributed by atoms with Crippen molar-refractivity contribution in [2.75, 3.05) is 45.3 Å². The molecule has 0 saturated carbocycles. The zero-order valence-corrected chi connectivity index (χ0v) is 18.7. The number of sulfone groups is 1. The fourth-order valence-corrected chi connectivity index (χ4v) is 3.61. The first kappa shape index (κ1) is 23.2. The second kappa shape index (κ2) is 11.8. The van der Waals surface area contributed by atoms with Crippen molar-refractivity contribution in [2.45, 2.75) is 19.4 Å². The van der Waals surface area contributed by atoms with Gasteiger partial charge in [-0.05, 0) is 18.4 Å². The van der Waals surface area contributed by atoms with E-state index in [1.165, 1.54) is 11.8 Å². The Kier molecular flexibility index (Phi) is 10.5. The van der Waals surface area contributed by atoms with Crippen molar-refractivity contribution >= 4 is 39.8 Å². The highest BCUT2D eigenvalue weighted by Crippen LogP contribution is 2.17. The SMILES string of the molecule is CN=C(NCCCS(C)(=O)=O)N1CCC(COCc2ccccc2)C1.I. The number of benzene rings is 1. The number of ether oxygens (including phenoxy) is 1. The number of nitrogens with one attached hydrogen (secondary N) is 1. The van der Waals surface area contributed by atoms with Crippen molar-refractivity contribution in [1.29, 1.82) is 0 Å². The standard InChI is InChI=1S/C18H29N3O3S.HI/c1-19-18(20-10-6-12-25(2,22)23)21-11-9-17(13-21)15-24-14-16-7-4-3-5-8-16;/h3-5,7-8,17H,6,9-15H2,1-2H3,(H,19,20);1H. The Labute approximate surface area is 174 Å². The maximum Gasteiger partial charge on any atom is 0.193 e. The Morgan fingerprint density at radius 3 is 2.73 bits per heavy atom. The molecule has 1 unspecified atom stereocenters. The molecule has 0 spiro atoms. The molecule has 0 aromatic heterocycles. The second-order valence-electron chi connectivity index (χ2n) is 6.56. The van der Waals surface area contributed by atoms with Gasteiger partial charge in [0, 0.05) is 38.9 Å². The van der Waals surface area contributed by atoms with E-state index >= 15 is 0 Å². The maximum absolute atomic E-state index is 11.2. The molecule has 0 bridgehead atoms. The lowest BCUT2D eigenvalue weighted by molar-refractivity contribution is 0.0907. The van der Waals surface area contributed by atoms with E-state index in [2.05, 4.69) is 27.3 Å². The van der Waals surface area contributed by atoms with Crippen LogP contribution in [0.5, 0.6) is 0 Å². The maximum atomic E-state index is 11.2. The highest BCUT2D eigenvalue weighted by atomic mass is 127. The number of rotatable bonds is 8. The zero-order chi connectivity index (χ0) is 18.1. The summed E-state index contributed by atoms with van der Waals surface area (Å²) in [5.74, 6) is 1.55. The molecule has 1 saturated heterocycles. The Hall–Kier alpha value is -0.870. The van der Waals surface area contributed by atoms with E-state index in [9.17, 15) is 8.42 Å². The van der Waals surface area contributed by atoms with Gasteiger partial charge in [-0.25, -0.2) is 8.42 Å². The molecule has 1 aliphatic heterocycles. The van der Waals surface area contributed by atoms with Gasteiger partial charge in [0.15, 0.2) is 5.96 Å². The number of hydrogen-bond acceptors (Lipinski definition) is 4. The summed E-state index contributed by atoms with van der Waals surface area (Å²) >= 11 is 0. The normalized spacial score (nSPS) is 17.8. The van der Waals surface area contributed by atoms with Crippen LogP contribution in [0.15, 0.2) is 35.3 Å². The van der Waals surface area contributed by atoms with E-state index in [-0.39, 0.29) is 29.7 Å². The van der Waals surface area contributed by atoms with Gasteiger partial charge in [-0.1, -0.05) is 30.3 Å². The van der Waals surface area contributed by atoms with E-state index in [1.54, 1.807) is 7.05 Å². The van der Waals surface area contributed by atoms with Gasteiger partial charge in [-0.15, -0.1) is 24.0 Å². The molecule has 0 radical (unpaired) electrons. The molecule has 0 aliphatic carbocycles. The van der Waals surface area contributed by atoms with Gasteiger partial charge in [-0.2, -0.15) is 0 Å². The summed E-state index contributed by atoms with van der Waals surface area (Å²) in [6.07, 6.45) is 2.94. The molecule has 1 atom stereocenters. The van der Waals surface area contributed by atoms with Crippen molar-refractivity contribution in [3.8, 4) is 0 Å². The van der Waals surface area contributed by atoms with Crippen LogP contribution in [-0.4, -0.2) is 64.6 Å². The van der Waals surface area contributed by atoms with Crippen molar-refractivity contribution in [3.05, 3.63) is 35.9 Å². The van der Waals surface area contributed by atoms with Gasteiger partial charge < -0.3 is 15.0 Å². The molecule has 1 aromatic carbocycles. The quantitative estimate of drug-likeness (QED) is 0.259. The third-order valence-electron chi connectivity index (χ3n) is 4.24. The van der Waals surface area contributed by atoms with Crippen LogP contribution in [-0.2, 0) is 21.2 Å². The third kappa shape index (κ3) is 8.68. The van der Waals surface area contributed by atoms with E-state index in [4.69, 9.17) is 4.74 Å². The minimum atomic E-state index is -2.90. The average Bonchev–Trinajstić information content (AvgIpc) is 3.03. The monoisotopic (exact) mass is 495 g/mol. The average molecular weight is 495 g/mol. The molecule has 26 heavy (non-hydrogen) atoms. The number of aliphatic imine (C=N–C) groups is 1. The molecule has 8 heteroatoms. The second-order valence-corrected chi connectivity index (χ2v) is 8.82. The van der Waals surface area contributed by atoms with Crippen LogP contribution < -0.4 is 5.32 Å². The smallest absolute Gasteiger partial charge is 0.193 e. The lowest BCUT2D eigenvalue weighted by atomic mass is 10.1. The summed E-state index contributed by atoms with van der Waals surface area (Å²) in [5, 5.41) is 3.26. The Bertz CT molecular complexity index is 653. The molecule has 1 N–H and O–H groups in total. The number of nitrogens with zero attached hydrogens (tertiary/aromatic N) is 2. The van der Waals surface area contributed by atoms with Crippen LogP contribution in [0, 0.1) is 5.92 Å². The number of likely N-dealkylation sites (tertiary alicyclic amines) is 1. The molecular weight excluding hydrogens is 465 g/mol. The summed E-state index contributed by atoms with van der Waals surface area (Å²) in [4.78, 5) is 6.53. The van der Waals surface area contributed by atoms with Gasteiger partial charge in [0.05, 0.1) is 19.0 Å². The van der Waals surface area contributed by atoms with Crippen molar-refractivity contribution < 1.29 is 13.2 Å². The molecule has 1 heterocycles. The molecule has 1 aromatic rings. The fourth-order valence-electron chi connectivity index (χ4n) is 2.95. The third-order valence-corrected chi connectivity index (χ3v) is 5.27. The highest BCUT2D eigenvalue weighted by molar-refractivity contribution is 14.0. The van der Waals surface area contributed by atoms with Crippen molar-refractivity contribution in [1.82, 2.24) is 10.2 Å². The van der Waals surface area contributed by atoms with E-state index in [1.807, 2.05) is 18.2 Å². The Morgan fingerprint density at radius 2 is 2.08 bits per heavy atom.